The zero-order valence-electron chi connectivity index (χ0n) is 18.1. The minimum absolute atomic E-state index is 0. The van der Waals surface area contributed by atoms with Crippen LogP contribution in [0.5, 0.6) is 5.75 Å². The van der Waals surface area contributed by atoms with Crippen LogP contribution < -0.4 is 9.64 Å². The van der Waals surface area contributed by atoms with Crippen molar-refractivity contribution in [3.63, 3.8) is 0 Å². The van der Waals surface area contributed by atoms with Crippen LogP contribution in [0.3, 0.4) is 0 Å². The van der Waals surface area contributed by atoms with E-state index in [2.05, 4.69) is 11.8 Å². The second-order valence-electron chi connectivity index (χ2n) is 7.45. The maximum Gasteiger partial charge on any atom is 0.260 e. The molecule has 1 aromatic heterocycles. The fourth-order valence-corrected chi connectivity index (χ4v) is 4.31. The normalized spacial score (nSPS) is 10.9. The van der Waals surface area contributed by atoms with Gasteiger partial charge in [0.25, 0.3) is 5.91 Å². The number of halogens is 2. The van der Waals surface area contributed by atoms with Gasteiger partial charge in [0.05, 0.1) is 16.8 Å². The predicted octanol–water partition coefficient (Wildman–Crippen LogP) is 6.15. The SMILES string of the molecule is CCCCOc1cccc(C(=O)N(CCCN(C)C)c2nc3ccc(Cl)cc3s2)c1.Cl. The number of thiazole rings is 1. The van der Waals surface area contributed by atoms with Crippen LogP contribution in [-0.2, 0) is 0 Å². The molecule has 0 aliphatic carbocycles. The van der Waals surface area contributed by atoms with Crippen molar-refractivity contribution in [3.05, 3.63) is 53.1 Å². The smallest absolute Gasteiger partial charge is 0.260 e. The summed E-state index contributed by atoms with van der Waals surface area (Å²) in [5, 5.41) is 1.36. The molecule has 5 nitrogen and oxygen atoms in total. The van der Waals surface area contributed by atoms with Gasteiger partial charge in [-0.25, -0.2) is 4.98 Å². The van der Waals surface area contributed by atoms with Gasteiger partial charge in [0.15, 0.2) is 5.13 Å². The van der Waals surface area contributed by atoms with Crippen molar-refractivity contribution < 1.29 is 9.53 Å². The summed E-state index contributed by atoms with van der Waals surface area (Å²) in [5.74, 6) is 0.651. The fourth-order valence-electron chi connectivity index (χ4n) is 3.04. The van der Waals surface area contributed by atoms with E-state index >= 15 is 0 Å². The van der Waals surface area contributed by atoms with Crippen LogP contribution in [0.1, 0.15) is 36.5 Å². The highest BCUT2D eigenvalue weighted by Gasteiger charge is 2.21. The van der Waals surface area contributed by atoms with Crippen LogP contribution in [0.25, 0.3) is 10.2 Å². The van der Waals surface area contributed by atoms with E-state index in [0.29, 0.717) is 28.9 Å². The third kappa shape index (κ3) is 7.07. The molecule has 0 fully saturated rings. The molecule has 0 saturated heterocycles. The van der Waals surface area contributed by atoms with Crippen LogP contribution in [-0.4, -0.2) is 49.6 Å². The summed E-state index contributed by atoms with van der Waals surface area (Å²) in [6, 6.07) is 13.0. The number of anilines is 1. The first-order chi connectivity index (χ1) is 14.5. The number of ether oxygens (including phenoxy) is 1. The van der Waals surface area contributed by atoms with Crippen LogP contribution in [0.15, 0.2) is 42.5 Å². The van der Waals surface area contributed by atoms with Gasteiger partial charge in [0.1, 0.15) is 5.75 Å². The number of aromatic nitrogens is 1. The van der Waals surface area contributed by atoms with Gasteiger partial charge in [-0.3, -0.25) is 9.69 Å². The van der Waals surface area contributed by atoms with Crippen molar-refractivity contribution >= 4 is 56.6 Å². The highest BCUT2D eigenvalue weighted by Crippen LogP contribution is 2.32. The van der Waals surface area contributed by atoms with Gasteiger partial charge in [-0.15, -0.1) is 12.4 Å². The third-order valence-corrected chi connectivity index (χ3v) is 5.93. The van der Waals surface area contributed by atoms with Crippen LogP contribution in [0, 0.1) is 0 Å². The fraction of sp³-hybridized carbons (Fsp3) is 0.391. The van der Waals surface area contributed by atoms with Gasteiger partial charge < -0.3 is 9.64 Å². The molecular formula is C23H29Cl2N3O2S. The second kappa shape index (κ2) is 12.2. The Kier molecular flexibility index (Phi) is 10.0. The number of carbonyl (C=O) groups is 1. The van der Waals surface area contributed by atoms with E-state index in [4.69, 9.17) is 21.3 Å². The minimum Gasteiger partial charge on any atom is -0.494 e. The Morgan fingerprint density at radius 1 is 1.13 bits per heavy atom. The molecule has 1 amide bonds. The summed E-state index contributed by atoms with van der Waals surface area (Å²) in [6.45, 7) is 4.26. The van der Waals surface area contributed by atoms with Gasteiger partial charge in [0, 0.05) is 17.1 Å². The Labute approximate surface area is 199 Å². The molecule has 0 aliphatic rings. The molecule has 0 N–H and O–H groups in total. The molecule has 0 saturated carbocycles. The molecule has 8 heteroatoms. The van der Waals surface area contributed by atoms with Gasteiger partial charge >= 0.3 is 0 Å². The largest absolute Gasteiger partial charge is 0.494 e. The topological polar surface area (TPSA) is 45.7 Å². The lowest BCUT2D eigenvalue weighted by Crippen LogP contribution is -2.33. The Hall–Kier alpha value is -1.86. The van der Waals surface area contributed by atoms with Crippen molar-refractivity contribution in [1.82, 2.24) is 9.88 Å². The van der Waals surface area contributed by atoms with Gasteiger partial charge in [-0.05, 0) is 69.9 Å². The van der Waals surface area contributed by atoms with Crippen molar-refractivity contribution in [3.8, 4) is 5.75 Å². The van der Waals surface area contributed by atoms with E-state index in [9.17, 15) is 4.79 Å². The number of carbonyl (C=O) groups excluding carboxylic acids is 1. The van der Waals surface area contributed by atoms with E-state index < -0.39 is 0 Å². The summed E-state index contributed by atoms with van der Waals surface area (Å²) in [7, 11) is 4.06. The van der Waals surface area contributed by atoms with Gasteiger partial charge in [0.2, 0.25) is 0 Å². The first kappa shape index (κ1) is 25.4. The van der Waals surface area contributed by atoms with Crippen molar-refractivity contribution in [2.24, 2.45) is 0 Å². The van der Waals surface area contributed by atoms with E-state index in [0.717, 1.165) is 41.8 Å². The number of hydrogen-bond donors (Lipinski definition) is 0. The van der Waals surface area contributed by atoms with Gasteiger partial charge in [-0.2, -0.15) is 0 Å². The number of unbranched alkanes of at least 4 members (excludes halogenated alkanes) is 1. The van der Waals surface area contributed by atoms with Crippen molar-refractivity contribution in [2.45, 2.75) is 26.2 Å². The molecule has 168 valence electrons. The number of fused-ring (bicyclic) bond motifs is 1. The van der Waals surface area contributed by atoms with Crippen LogP contribution in [0.2, 0.25) is 5.02 Å². The van der Waals surface area contributed by atoms with Crippen LogP contribution in [0.4, 0.5) is 5.13 Å². The second-order valence-corrected chi connectivity index (χ2v) is 8.90. The zero-order valence-corrected chi connectivity index (χ0v) is 20.5. The molecule has 3 aromatic rings. The summed E-state index contributed by atoms with van der Waals surface area (Å²) in [5.41, 5.74) is 1.45. The number of amides is 1. The molecule has 31 heavy (non-hydrogen) atoms. The number of nitrogens with zero attached hydrogens (tertiary/aromatic N) is 3. The van der Waals surface area contributed by atoms with E-state index in [1.807, 2.05) is 56.6 Å². The Morgan fingerprint density at radius 3 is 2.68 bits per heavy atom. The Morgan fingerprint density at radius 2 is 1.94 bits per heavy atom. The molecular weight excluding hydrogens is 453 g/mol. The lowest BCUT2D eigenvalue weighted by Gasteiger charge is -2.21. The average molecular weight is 482 g/mol. The van der Waals surface area contributed by atoms with Crippen LogP contribution >= 0.6 is 35.3 Å². The summed E-state index contributed by atoms with van der Waals surface area (Å²) >= 11 is 7.62. The molecule has 3 rings (SSSR count). The Balaban J connectivity index is 0.00000341. The Bertz CT molecular complexity index is 994. The zero-order chi connectivity index (χ0) is 21.5. The maximum atomic E-state index is 13.4. The highest BCUT2D eigenvalue weighted by atomic mass is 35.5. The molecule has 0 atom stereocenters. The highest BCUT2D eigenvalue weighted by molar-refractivity contribution is 7.22. The summed E-state index contributed by atoms with van der Waals surface area (Å²) < 4.78 is 6.76. The first-order valence-electron chi connectivity index (χ1n) is 10.2. The predicted molar refractivity (Wildman–Crippen MR) is 134 cm³/mol. The maximum absolute atomic E-state index is 13.4. The summed E-state index contributed by atoms with van der Waals surface area (Å²) in [4.78, 5) is 22.0. The lowest BCUT2D eigenvalue weighted by molar-refractivity contribution is 0.0985. The number of hydrogen-bond acceptors (Lipinski definition) is 5. The molecule has 2 aromatic carbocycles. The monoisotopic (exact) mass is 481 g/mol. The quantitative estimate of drug-likeness (QED) is 0.325. The molecule has 0 aliphatic heterocycles. The number of benzene rings is 2. The van der Waals surface area contributed by atoms with Gasteiger partial charge in [-0.1, -0.05) is 42.3 Å². The van der Waals surface area contributed by atoms with E-state index in [1.54, 1.807) is 4.90 Å². The third-order valence-electron chi connectivity index (χ3n) is 4.65. The minimum atomic E-state index is -0.0696. The van der Waals surface area contributed by atoms with E-state index in [1.165, 1.54) is 11.3 Å². The molecule has 1 heterocycles. The molecule has 0 bridgehead atoms. The number of rotatable bonds is 10. The van der Waals surface area contributed by atoms with Crippen molar-refractivity contribution in [2.75, 3.05) is 38.7 Å². The summed E-state index contributed by atoms with van der Waals surface area (Å²) in [6.07, 6.45) is 2.91. The van der Waals surface area contributed by atoms with E-state index in [-0.39, 0.29) is 18.3 Å². The molecule has 0 radical (unpaired) electrons. The average Bonchev–Trinajstić information content (AvgIpc) is 3.13. The van der Waals surface area contributed by atoms with Crippen molar-refractivity contribution in [1.29, 1.82) is 0 Å². The first-order valence-corrected chi connectivity index (χ1v) is 11.4. The standard InChI is InChI=1S/C23H28ClN3O2S.ClH/c1-4-5-14-29-19-9-6-8-17(15-19)22(28)27(13-7-12-26(2)3)23-25-20-11-10-18(24)16-21(20)30-23;/h6,8-11,15-16H,4-5,7,12-14H2,1-3H3;1H. The molecule has 0 unspecified atom stereocenters. The lowest BCUT2D eigenvalue weighted by atomic mass is 10.2. The molecule has 0 spiro atoms.